The number of piperazine rings is 1. The van der Waals surface area contributed by atoms with E-state index in [9.17, 15) is 0 Å². The Morgan fingerprint density at radius 2 is 1.53 bits per heavy atom. The lowest BCUT2D eigenvalue weighted by Gasteiger charge is -2.35. The number of nitrogens with zero attached hydrogens (tertiary/aromatic N) is 3. The van der Waals surface area contributed by atoms with Crippen molar-refractivity contribution in [3.05, 3.63) is 0 Å². The molecule has 1 aliphatic heterocycles. The Bertz CT molecular complexity index is 232. The van der Waals surface area contributed by atoms with Crippen LogP contribution in [0.1, 0.15) is 26.7 Å². The Balaban J connectivity index is 2.10. The van der Waals surface area contributed by atoms with Crippen molar-refractivity contribution in [3.63, 3.8) is 0 Å². The number of likely N-dealkylation sites (N-methyl/N-ethyl adjacent to an activating group) is 1. The summed E-state index contributed by atoms with van der Waals surface area (Å²) in [5.41, 5.74) is 6.09. The molecule has 2 N–H and O–H groups in total. The fourth-order valence-electron chi connectivity index (χ4n) is 2.46. The van der Waals surface area contributed by atoms with Crippen LogP contribution >= 0.6 is 0 Å². The average molecular weight is 270 g/mol. The smallest absolute Gasteiger partial charge is 0.0110 e. The van der Waals surface area contributed by atoms with Crippen LogP contribution in [0.15, 0.2) is 0 Å². The minimum atomic E-state index is 0.313. The molecule has 0 bridgehead atoms. The first kappa shape index (κ1) is 16.9. The van der Waals surface area contributed by atoms with Gasteiger partial charge in [0.1, 0.15) is 0 Å². The molecule has 0 amide bonds. The topological polar surface area (TPSA) is 35.7 Å². The lowest BCUT2D eigenvalue weighted by molar-refractivity contribution is 0.121. The second-order valence-electron chi connectivity index (χ2n) is 6.96. The minimum absolute atomic E-state index is 0.313. The highest BCUT2D eigenvalue weighted by atomic mass is 15.3. The molecule has 0 radical (unpaired) electrons. The second kappa shape index (κ2) is 8.20. The summed E-state index contributed by atoms with van der Waals surface area (Å²) in [6.07, 6.45) is 2.52. The SMILES string of the molecule is CN(C)CCN1CCN(CCCC(C)(C)CN)CC1. The summed E-state index contributed by atoms with van der Waals surface area (Å²) >= 11 is 0. The van der Waals surface area contributed by atoms with Gasteiger partial charge in [-0.3, -0.25) is 4.90 Å². The Morgan fingerprint density at radius 3 is 2.00 bits per heavy atom. The summed E-state index contributed by atoms with van der Waals surface area (Å²) < 4.78 is 0. The molecule has 1 saturated heterocycles. The van der Waals surface area contributed by atoms with Crippen molar-refractivity contribution < 1.29 is 0 Å². The van der Waals surface area contributed by atoms with Gasteiger partial charge in [0.25, 0.3) is 0 Å². The maximum absolute atomic E-state index is 5.78. The molecule has 0 atom stereocenters. The zero-order chi connectivity index (χ0) is 14.3. The second-order valence-corrected chi connectivity index (χ2v) is 6.96. The van der Waals surface area contributed by atoms with Crippen molar-refractivity contribution >= 4 is 0 Å². The van der Waals surface area contributed by atoms with E-state index in [-0.39, 0.29) is 0 Å². The zero-order valence-corrected chi connectivity index (χ0v) is 13.5. The van der Waals surface area contributed by atoms with Crippen LogP contribution in [-0.2, 0) is 0 Å². The Morgan fingerprint density at radius 1 is 1.00 bits per heavy atom. The van der Waals surface area contributed by atoms with Crippen LogP contribution in [0.5, 0.6) is 0 Å². The number of rotatable bonds is 8. The van der Waals surface area contributed by atoms with Gasteiger partial charge in [0.05, 0.1) is 0 Å². The number of hydrogen-bond acceptors (Lipinski definition) is 4. The molecule has 1 heterocycles. The highest BCUT2D eigenvalue weighted by molar-refractivity contribution is 4.74. The molecule has 0 saturated carbocycles. The van der Waals surface area contributed by atoms with Gasteiger partial charge in [-0.15, -0.1) is 0 Å². The minimum Gasteiger partial charge on any atom is -0.330 e. The monoisotopic (exact) mass is 270 g/mol. The summed E-state index contributed by atoms with van der Waals surface area (Å²) in [5, 5.41) is 0. The molecule has 0 aromatic carbocycles. The van der Waals surface area contributed by atoms with E-state index < -0.39 is 0 Å². The van der Waals surface area contributed by atoms with Crippen molar-refractivity contribution in [2.45, 2.75) is 26.7 Å². The first-order chi connectivity index (χ1) is 8.93. The quantitative estimate of drug-likeness (QED) is 0.712. The maximum Gasteiger partial charge on any atom is 0.0110 e. The van der Waals surface area contributed by atoms with Crippen LogP contribution in [0.3, 0.4) is 0 Å². The van der Waals surface area contributed by atoms with Crippen molar-refractivity contribution in [2.75, 3.05) is 66.5 Å². The summed E-state index contributed by atoms with van der Waals surface area (Å²) in [4.78, 5) is 7.46. The van der Waals surface area contributed by atoms with Gasteiger partial charge < -0.3 is 15.5 Å². The number of nitrogens with two attached hydrogens (primary N) is 1. The predicted molar refractivity (Wildman–Crippen MR) is 83.5 cm³/mol. The zero-order valence-electron chi connectivity index (χ0n) is 13.5. The molecule has 0 spiro atoms. The van der Waals surface area contributed by atoms with E-state index in [4.69, 9.17) is 5.73 Å². The third-order valence-corrected chi connectivity index (χ3v) is 4.21. The summed E-state index contributed by atoms with van der Waals surface area (Å²) in [6.45, 7) is 13.9. The fourth-order valence-corrected chi connectivity index (χ4v) is 2.46. The Hall–Kier alpha value is -0.160. The van der Waals surface area contributed by atoms with Gasteiger partial charge in [-0.25, -0.2) is 0 Å². The molecule has 0 unspecified atom stereocenters. The van der Waals surface area contributed by atoms with Gasteiger partial charge >= 0.3 is 0 Å². The fraction of sp³-hybridized carbons (Fsp3) is 1.00. The van der Waals surface area contributed by atoms with E-state index in [1.165, 1.54) is 58.7 Å². The normalized spacial score (nSPS) is 19.3. The molecule has 19 heavy (non-hydrogen) atoms. The molecule has 0 aromatic heterocycles. The van der Waals surface area contributed by atoms with E-state index >= 15 is 0 Å². The van der Waals surface area contributed by atoms with E-state index in [1.54, 1.807) is 0 Å². The summed E-state index contributed by atoms with van der Waals surface area (Å²) in [7, 11) is 4.30. The molecule has 1 rings (SSSR count). The van der Waals surface area contributed by atoms with Crippen LogP contribution in [0, 0.1) is 5.41 Å². The van der Waals surface area contributed by atoms with Crippen LogP contribution in [-0.4, -0.2) is 81.2 Å². The molecular formula is C15H34N4. The van der Waals surface area contributed by atoms with Gasteiger partial charge in [0.2, 0.25) is 0 Å². The van der Waals surface area contributed by atoms with Crippen molar-refractivity contribution in [2.24, 2.45) is 11.1 Å². The van der Waals surface area contributed by atoms with E-state index in [2.05, 4.69) is 42.6 Å². The van der Waals surface area contributed by atoms with E-state index in [0.717, 1.165) is 6.54 Å². The highest BCUT2D eigenvalue weighted by Gasteiger charge is 2.18. The van der Waals surface area contributed by atoms with Crippen LogP contribution < -0.4 is 5.73 Å². The third-order valence-electron chi connectivity index (χ3n) is 4.21. The van der Waals surface area contributed by atoms with E-state index in [1.807, 2.05) is 0 Å². The lowest BCUT2D eigenvalue weighted by Crippen LogP contribution is -2.48. The maximum atomic E-state index is 5.78. The Kier molecular flexibility index (Phi) is 7.29. The van der Waals surface area contributed by atoms with Gasteiger partial charge in [-0.1, -0.05) is 13.8 Å². The molecule has 1 fully saturated rings. The van der Waals surface area contributed by atoms with Crippen molar-refractivity contribution in [1.29, 1.82) is 0 Å². The van der Waals surface area contributed by atoms with Gasteiger partial charge in [0, 0.05) is 39.3 Å². The van der Waals surface area contributed by atoms with Gasteiger partial charge in [0.15, 0.2) is 0 Å². The van der Waals surface area contributed by atoms with E-state index in [0.29, 0.717) is 5.41 Å². The summed E-state index contributed by atoms with van der Waals surface area (Å²) in [6, 6.07) is 0. The van der Waals surface area contributed by atoms with Gasteiger partial charge in [-0.2, -0.15) is 0 Å². The first-order valence-electron chi connectivity index (χ1n) is 7.72. The molecule has 0 aliphatic carbocycles. The summed E-state index contributed by atoms with van der Waals surface area (Å²) in [5.74, 6) is 0. The molecule has 1 aliphatic rings. The molecule has 114 valence electrons. The third kappa shape index (κ3) is 7.25. The molecule has 4 nitrogen and oxygen atoms in total. The average Bonchev–Trinajstić information content (AvgIpc) is 2.37. The highest BCUT2D eigenvalue weighted by Crippen LogP contribution is 2.20. The van der Waals surface area contributed by atoms with Crippen LogP contribution in [0.2, 0.25) is 0 Å². The predicted octanol–water partition coefficient (Wildman–Crippen LogP) is 0.931. The molecule has 0 aromatic rings. The van der Waals surface area contributed by atoms with Crippen molar-refractivity contribution in [3.8, 4) is 0 Å². The van der Waals surface area contributed by atoms with Crippen LogP contribution in [0.25, 0.3) is 0 Å². The Labute approximate surface area is 119 Å². The number of hydrogen-bond donors (Lipinski definition) is 1. The van der Waals surface area contributed by atoms with Crippen molar-refractivity contribution in [1.82, 2.24) is 14.7 Å². The standard InChI is InChI=1S/C15H34N4/c1-15(2,14-16)6-5-7-18-10-12-19(13-11-18)9-8-17(3)4/h5-14,16H2,1-4H3. The first-order valence-corrected chi connectivity index (χ1v) is 7.72. The largest absolute Gasteiger partial charge is 0.330 e. The molecular weight excluding hydrogens is 236 g/mol. The van der Waals surface area contributed by atoms with Gasteiger partial charge in [-0.05, 0) is 45.4 Å². The molecule has 4 heteroatoms. The van der Waals surface area contributed by atoms with Crippen LogP contribution in [0.4, 0.5) is 0 Å². The lowest BCUT2D eigenvalue weighted by atomic mass is 9.88.